The zero-order valence-electron chi connectivity index (χ0n) is 7.43. The maximum absolute atomic E-state index is 11.5. The van der Waals surface area contributed by atoms with E-state index in [2.05, 4.69) is 5.32 Å². The lowest BCUT2D eigenvalue weighted by molar-refractivity contribution is -0.149. The molecule has 2 saturated heterocycles. The molecule has 0 radical (unpaired) electrons. The second-order valence-corrected chi connectivity index (χ2v) is 3.95. The molecule has 2 aliphatic rings. The number of carbonyl (C=O) groups excluding carboxylic acids is 1. The number of carbonyl (C=O) groups is 1. The fourth-order valence-electron chi connectivity index (χ4n) is 2.30. The minimum atomic E-state index is -0.120. The Morgan fingerprint density at radius 2 is 2.17 bits per heavy atom. The van der Waals surface area contributed by atoms with Gasteiger partial charge in [-0.2, -0.15) is 0 Å². The molecule has 0 saturated carbocycles. The number of cyclic esters (lactones) is 1. The first-order chi connectivity index (χ1) is 5.73. The number of esters is 1. The first-order valence-electron chi connectivity index (χ1n) is 4.65. The highest BCUT2D eigenvalue weighted by molar-refractivity contribution is 5.79. The number of rotatable bonds is 0. The average molecular weight is 169 g/mol. The third-order valence-corrected chi connectivity index (χ3v) is 2.98. The van der Waals surface area contributed by atoms with Crippen molar-refractivity contribution in [3.63, 3.8) is 0 Å². The summed E-state index contributed by atoms with van der Waals surface area (Å²) in [5.74, 6) is 0.0384. The van der Waals surface area contributed by atoms with Crippen LogP contribution in [0, 0.1) is 5.41 Å². The van der Waals surface area contributed by atoms with Gasteiger partial charge in [-0.3, -0.25) is 4.79 Å². The van der Waals surface area contributed by atoms with Crippen LogP contribution in [0.15, 0.2) is 0 Å². The second kappa shape index (κ2) is 2.73. The Bertz CT molecular complexity index is 197. The van der Waals surface area contributed by atoms with Gasteiger partial charge in [0.25, 0.3) is 0 Å². The molecule has 1 spiro atoms. The minimum Gasteiger partial charge on any atom is -0.462 e. The van der Waals surface area contributed by atoms with E-state index in [0.29, 0.717) is 0 Å². The van der Waals surface area contributed by atoms with E-state index in [9.17, 15) is 4.79 Å². The molecule has 0 aromatic rings. The van der Waals surface area contributed by atoms with Crippen LogP contribution >= 0.6 is 0 Å². The smallest absolute Gasteiger partial charge is 0.312 e. The summed E-state index contributed by atoms with van der Waals surface area (Å²) in [5, 5.41) is 3.26. The zero-order valence-corrected chi connectivity index (χ0v) is 7.43. The highest BCUT2D eigenvalue weighted by atomic mass is 16.6. The van der Waals surface area contributed by atoms with Crippen molar-refractivity contribution < 1.29 is 9.53 Å². The van der Waals surface area contributed by atoms with Crippen molar-refractivity contribution in [1.82, 2.24) is 5.32 Å². The highest BCUT2D eigenvalue weighted by Crippen LogP contribution is 2.41. The summed E-state index contributed by atoms with van der Waals surface area (Å²) in [6.07, 6.45) is 2.97. The van der Waals surface area contributed by atoms with Crippen LogP contribution in [0.3, 0.4) is 0 Å². The minimum absolute atomic E-state index is 0.0384. The Balaban J connectivity index is 2.13. The van der Waals surface area contributed by atoms with Gasteiger partial charge < -0.3 is 10.1 Å². The van der Waals surface area contributed by atoms with Crippen molar-refractivity contribution in [2.24, 2.45) is 5.41 Å². The first-order valence-corrected chi connectivity index (χ1v) is 4.65. The van der Waals surface area contributed by atoms with Crippen LogP contribution in [0.5, 0.6) is 0 Å². The summed E-state index contributed by atoms with van der Waals surface area (Å²) in [4.78, 5) is 11.5. The summed E-state index contributed by atoms with van der Waals surface area (Å²) >= 11 is 0. The second-order valence-electron chi connectivity index (χ2n) is 3.95. The lowest BCUT2D eigenvalue weighted by Crippen LogP contribution is -2.39. The third kappa shape index (κ3) is 1.12. The van der Waals surface area contributed by atoms with E-state index in [1.165, 1.54) is 0 Å². The summed E-state index contributed by atoms with van der Waals surface area (Å²) < 4.78 is 5.19. The van der Waals surface area contributed by atoms with E-state index in [-0.39, 0.29) is 17.5 Å². The molecule has 3 heteroatoms. The van der Waals surface area contributed by atoms with Crippen LogP contribution in [-0.4, -0.2) is 25.2 Å². The predicted molar refractivity (Wildman–Crippen MR) is 44.7 cm³/mol. The molecule has 0 bridgehead atoms. The van der Waals surface area contributed by atoms with Crippen LogP contribution in [0.1, 0.15) is 26.2 Å². The Hall–Kier alpha value is -0.570. The number of ether oxygens (including phenoxy) is 1. The summed E-state index contributed by atoms with van der Waals surface area (Å²) in [6, 6.07) is 0. The Kier molecular flexibility index (Phi) is 1.83. The van der Waals surface area contributed by atoms with Gasteiger partial charge in [0.1, 0.15) is 6.10 Å². The quantitative estimate of drug-likeness (QED) is 0.542. The Labute approximate surface area is 72.5 Å². The van der Waals surface area contributed by atoms with Gasteiger partial charge in [-0.15, -0.1) is 0 Å². The maximum Gasteiger partial charge on any atom is 0.312 e. The molecule has 0 amide bonds. The van der Waals surface area contributed by atoms with Crippen molar-refractivity contribution in [1.29, 1.82) is 0 Å². The molecule has 0 aromatic carbocycles. The van der Waals surface area contributed by atoms with Crippen LogP contribution in [0.4, 0.5) is 0 Å². The fraction of sp³-hybridized carbons (Fsp3) is 0.889. The van der Waals surface area contributed by atoms with E-state index < -0.39 is 0 Å². The van der Waals surface area contributed by atoms with Crippen LogP contribution in [0.25, 0.3) is 0 Å². The summed E-state index contributed by atoms with van der Waals surface area (Å²) in [7, 11) is 0. The molecule has 68 valence electrons. The van der Waals surface area contributed by atoms with Gasteiger partial charge in [0, 0.05) is 6.42 Å². The van der Waals surface area contributed by atoms with Gasteiger partial charge in [-0.25, -0.2) is 0 Å². The maximum atomic E-state index is 11.5. The number of piperidine rings is 1. The van der Waals surface area contributed by atoms with E-state index in [4.69, 9.17) is 4.74 Å². The Morgan fingerprint density at radius 3 is 2.67 bits per heavy atom. The van der Waals surface area contributed by atoms with Gasteiger partial charge in [0.2, 0.25) is 0 Å². The Morgan fingerprint density at radius 1 is 1.50 bits per heavy atom. The van der Waals surface area contributed by atoms with Crippen molar-refractivity contribution in [2.75, 3.05) is 13.1 Å². The van der Waals surface area contributed by atoms with Gasteiger partial charge in [0.15, 0.2) is 0 Å². The molecular formula is C9H15NO2. The van der Waals surface area contributed by atoms with Crippen LogP contribution < -0.4 is 5.32 Å². The molecule has 0 aromatic heterocycles. The summed E-state index contributed by atoms with van der Waals surface area (Å²) in [5.41, 5.74) is -0.120. The molecule has 1 unspecified atom stereocenters. The predicted octanol–water partition coefficient (Wildman–Crippen LogP) is 0.692. The van der Waals surface area contributed by atoms with Crippen molar-refractivity contribution in [3.05, 3.63) is 0 Å². The van der Waals surface area contributed by atoms with Crippen LogP contribution in [-0.2, 0) is 9.53 Å². The van der Waals surface area contributed by atoms with Gasteiger partial charge in [0.05, 0.1) is 5.41 Å². The lowest BCUT2D eigenvalue weighted by atomic mass is 9.77. The van der Waals surface area contributed by atoms with Gasteiger partial charge >= 0.3 is 5.97 Å². The molecular weight excluding hydrogens is 154 g/mol. The van der Waals surface area contributed by atoms with Crippen LogP contribution in [0.2, 0.25) is 0 Å². The molecule has 2 fully saturated rings. The third-order valence-electron chi connectivity index (χ3n) is 2.98. The molecule has 0 aliphatic carbocycles. The molecule has 1 atom stereocenters. The molecule has 2 heterocycles. The van der Waals surface area contributed by atoms with E-state index in [1.54, 1.807) is 0 Å². The molecule has 2 rings (SSSR count). The number of hydrogen-bond acceptors (Lipinski definition) is 3. The lowest BCUT2D eigenvalue weighted by Gasteiger charge is -2.29. The molecule has 12 heavy (non-hydrogen) atoms. The largest absolute Gasteiger partial charge is 0.462 e. The standard InChI is InChI=1S/C9H15NO2/c1-7-6-9(8(11)12-7)2-4-10-5-3-9/h7,10H,2-6H2,1H3. The molecule has 2 aliphatic heterocycles. The van der Waals surface area contributed by atoms with E-state index in [1.807, 2.05) is 6.92 Å². The monoisotopic (exact) mass is 169 g/mol. The average Bonchev–Trinajstić information content (AvgIpc) is 2.29. The van der Waals surface area contributed by atoms with Crippen molar-refractivity contribution in [2.45, 2.75) is 32.3 Å². The van der Waals surface area contributed by atoms with Gasteiger partial charge in [-0.1, -0.05) is 0 Å². The van der Waals surface area contributed by atoms with Crippen molar-refractivity contribution in [3.8, 4) is 0 Å². The highest BCUT2D eigenvalue weighted by Gasteiger charge is 2.47. The number of hydrogen-bond donors (Lipinski definition) is 1. The summed E-state index contributed by atoms with van der Waals surface area (Å²) in [6.45, 7) is 3.90. The topological polar surface area (TPSA) is 38.3 Å². The fourth-order valence-corrected chi connectivity index (χ4v) is 2.30. The first kappa shape index (κ1) is 8.05. The van der Waals surface area contributed by atoms with E-state index in [0.717, 1.165) is 32.4 Å². The molecule has 3 nitrogen and oxygen atoms in total. The molecule has 1 N–H and O–H groups in total. The zero-order chi connectivity index (χ0) is 8.60. The van der Waals surface area contributed by atoms with E-state index >= 15 is 0 Å². The van der Waals surface area contributed by atoms with Crippen molar-refractivity contribution >= 4 is 5.97 Å². The SMILES string of the molecule is CC1CC2(CCNCC2)C(=O)O1. The normalized spacial score (nSPS) is 33.8. The number of nitrogens with one attached hydrogen (secondary N) is 1. The van der Waals surface area contributed by atoms with Gasteiger partial charge in [-0.05, 0) is 32.9 Å².